The van der Waals surface area contributed by atoms with Crippen LogP contribution in [0.2, 0.25) is 0 Å². The molecule has 0 heterocycles. The molecule has 0 amide bonds. The third-order valence-electron chi connectivity index (χ3n) is 4.11. The molecule has 14 heavy (non-hydrogen) atoms. The van der Waals surface area contributed by atoms with Gasteiger partial charge in [-0.25, -0.2) is 0 Å². The van der Waals surface area contributed by atoms with Gasteiger partial charge >= 0.3 is 5.97 Å². The molecule has 0 aromatic carbocycles. The van der Waals surface area contributed by atoms with E-state index in [0.717, 1.165) is 25.7 Å². The summed E-state index contributed by atoms with van der Waals surface area (Å²) in [5.41, 5.74) is -0.489. The summed E-state index contributed by atoms with van der Waals surface area (Å²) in [6, 6.07) is 0. The number of carboxylic acid groups (broad SMARTS) is 1. The zero-order valence-corrected chi connectivity index (χ0v) is 8.41. The van der Waals surface area contributed by atoms with E-state index in [2.05, 4.69) is 0 Å². The highest BCUT2D eigenvalue weighted by molar-refractivity contribution is 5.75. The van der Waals surface area contributed by atoms with Crippen LogP contribution in [0.15, 0.2) is 0 Å². The molecular weight excluding hydrogens is 180 g/mol. The third-order valence-corrected chi connectivity index (χ3v) is 4.11. The SMILES string of the molecule is O=C(O)C12CCCCC1CC(O)CC2. The number of hydrogen-bond acceptors (Lipinski definition) is 2. The van der Waals surface area contributed by atoms with Gasteiger partial charge in [0.1, 0.15) is 0 Å². The Kier molecular flexibility index (Phi) is 2.52. The summed E-state index contributed by atoms with van der Waals surface area (Å²) < 4.78 is 0. The molecule has 0 saturated heterocycles. The number of aliphatic carboxylic acids is 1. The van der Waals surface area contributed by atoms with Crippen molar-refractivity contribution in [3.63, 3.8) is 0 Å². The van der Waals surface area contributed by atoms with Crippen LogP contribution in [-0.4, -0.2) is 22.3 Å². The van der Waals surface area contributed by atoms with Gasteiger partial charge in [-0.15, -0.1) is 0 Å². The molecule has 0 spiro atoms. The van der Waals surface area contributed by atoms with E-state index in [0.29, 0.717) is 19.3 Å². The van der Waals surface area contributed by atoms with E-state index in [1.807, 2.05) is 0 Å². The molecule has 3 nitrogen and oxygen atoms in total. The molecule has 2 aliphatic carbocycles. The molecule has 0 radical (unpaired) electrons. The van der Waals surface area contributed by atoms with Crippen LogP contribution in [0.3, 0.4) is 0 Å². The van der Waals surface area contributed by atoms with Gasteiger partial charge in [-0.05, 0) is 38.0 Å². The van der Waals surface area contributed by atoms with Crippen molar-refractivity contribution in [3.05, 3.63) is 0 Å². The predicted molar refractivity (Wildman–Crippen MR) is 51.9 cm³/mol. The van der Waals surface area contributed by atoms with Crippen LogP contribution in [0.5, 0.6) is 0 Å². The minimum absolute atomic E-state index is 0.220. The van der Waals surface area contributed by atoms with E-state index in [1.54, 1.807) is 0 Å². The van der Waals surface area contributed by atoms with E-state index in [1.165, 1.54) is 0 Å². The van der Waals surface area contributed by atoms with Crippen LogP contribution in [-0.2, 0) is 4.79 Å². The molecule has 0 aromatic heterocycles. The van der Waals surface area contributed by atoms with Crippen molar-refractivity contribution in [2.75, 3.05) is 0 Å². The number of hydrogen-bond donors (Lipinski definition) is 2. The Morgan fingerprint density at radius 1 is 1.21 bits per heavy atom. The number of aliphatic hydroxyl groups excluding tert-OH is 1. The first-order valence-electron chi connectivity index (χ1n) is 5.56. The van der Waals surface area contributed by atoms with Gasteiger partial charge in [0.25, 0.3) is 0 Å². The molecule has 80 valence electrons. The second-order valence-corrected chi connectivity index (χ2v) is 4.83. The number of carbonyl (C=O) groups is 1. The van der Waals surface area contributed by atoms with E-state index in [9.17, 15) is 15.0 Å². The average Bonchev–Trinajstić information content (AvgIpc) is 2.17. The third kappa shape index (κ3) is 1.44. The summed E-state index contributed by atoms with van der Waals surface area (Å²) in [5.74, 6) is -0.411. The molecule has 2 rings (SSSR count). The smallest absolute Gasteiger partial charge is 0.309 e. The van der Waals surface area contributed by atoms with E-state index >= 15 is 0 Å². The first-order chi connectivity index (χ1) is 6.65. The highest BCUT2D eigenvalue weighted by atomic mass is 16.4. The summed E-state index contributed by atoms with van der Waals surface area (Å²) in [4.78, 5) is 11.3. The first kappa shape index (κ1) is 9.97. The Labute approximate surface area is 84.1 Å². The lowest BCUT2D eigenvalue weighted by molar-refractivity contribution is -0.160. The van der Waals surface area contributed by atoms with Crippen molar-refractivity contribution in [1.29, 1.82) is 0 Å². The molecule has 3 unspecified atom stereocenters. The van der Waals surface area contributed by atoms with Crippen molar-refractivity contribution >= 4 is 5.97 Å². The molecule has 2 fully saturated rings. The Hall–Kier alpha value is -0.570. The lowest BCUT2D eigenvalue weighted by Gasteiger charge is -2.45. The number of carboxylic acids is 1. The lowest BCUT2D eigenvalue weighted by Crippen LogP contribution is -2.46. The van der Waals surface area contributed by atoms with Gasteiger partial charge in [0.2, 0.25) is 0 Å². The highest BCUT2D eigenvalue weighted by Gasteiger charge is 2.49. The fourth-order valence-corrected chi connectivity index (χ4v) is 3.24. The van der Waals surface area contributed by atoms with Gasteiger partial charge in [0.05, 0.1) is 11.5 Å². The van der Waals surface area contributed by atoms with Crippen LogP contribution in [0.25, 0.3) is 0 Å². The Morgan fingerprint density at radius 3 is 2.71 bits per heavy atom. The summed E-state index contributed by atoms with van der Waals surface area (Å²) in [6.45, 7) is 0. The molecule has 3 atom stereocenters. The highest BCUT2D eigenvalue weighted by Crippen LogP contribution is 2.50. The molecule has 3 heteroatoms. The zero-order valence-electron chi connectivity index (χ0n) is 8.41. The molecule has 2 aliphatic rings. The summed E-state index contributed by atoms with van der Waals surface area (Å²) in [5, 5.41) is 18.9. The standard InChI is InChI=1S/C11H18O3/c12-9-4-6-11(10(13)14)5-2-1-3-8(11)7-9/h8-9,12H,1-7H2,(H,13,14). The monoisotopic (exact) mass is 198 g/mol. The Bertz CT molecular complexity index is 239. The minimum atomic E-state index is -0.630. The number of rotatable bonds is 1. The summed E-state index contributed by atoms with van der Waals surface area (Å²) in [6.07, 6.45) is 5.77. The second kappa shape index (κ2) is 3.54. The summed E-state index contributed by atoms with van der Waals surface area (Å²) >= 11 is 0. The van der Waals surface area contributed by atoms with Crippen LogP contribution < -0.4 is 0 Å². The molecular formula is C11H18O3. The zero-order chi connectivity index (χ0) is 10.2. The first-order valence-corrected chi connectivity index (χ1v) is 5.56. The normalized spacial score (nSPS) is 42.9. The summed E-state index contributed by atoms with van der Waals surface area (Å²) in [7, 11) is 0. The van der Waals surface area contributed by atoms with Crippen molar-refractivity contribution in [1.82, 2.24) is 0 Å². The van der Waals surface area contributed by atoms with Crippen LogP contribution in [0, 0.1) is 11.3 Å². The molecule has 0 bridgehead atoms. The van der Waals surface area contributed by atoms with Crippen LogP contribution in [0.4, 0.5) is 0 Å². The predicted octanol–water partition coefficient (Wildman–Crippen LogP) is 1.79. The van der Waals surface area contributed by atoms with Crippen LogP contribution >= 0.6 is 0 Å². The maximum absolute atomic E-state index is 11.3. The fourth-order valence-electron chi connectivity index (χ4n) is 3.24. The van der Waals surface area contributed by atoms with Crippen LogP contribution in [0.1, 0.15) is 44.9 Å². The molecule has 2 saturated carbocycles. The van der Waals surface area contributed by atoms with Gasteiger partial charge in [0.15, 0.2) is 0 Å². The number of aliphatic hydroxyl groups is 1. The van der Waals surface area contributed by atoms with Gasteiger partial charge in [-0.3, -0.25) is 4.79 Å². The molecule has 0 aromatic rings. The van der Waals surface area contributed by atoms with Crippen molar-refractivity contribution in [3.8, 4) is 0 Å². The van der Waals surface area contributed by atoms with Crippen molar-refractivity contribution < 1.29 is 15.0 Å². The van der Waals surface area contributed by atoms with Gasteiger partial charge in [0, 0.05) is 0 Å². The minimum Gasteiger partial charge on any atom is -0.481 e. The quantitative estimate of drug-likeness (QED) is 0.675. The van der Waals surface area contributed by atoms with Crippen molar-refractivity contribution in [2.45, 2.75) is 51.0 Å². The second-order valence-electron chi connectivity index (χ2n) is 4.83. The Balaban J connectivity index is 2.20. The number of fused-ring (bicyclic) bond motifs is 1. The van der Waals surface area contributed by atoms with E-state index < -0.39 is 11.4 Å². The van der Waals surface area contributed by atoms with Crippen molar-refractivity contribution in [2.24, 2.45) is 11.3 Å². The lowest BCUT2D eigenvalue weighted by atomic mass is 9.59. The molecule has 0 aliphatic heterocycles. The van der Waals surface area contributed by atoms with Gasteiger partial charge < -0.3 is 10.2 Å². The fraction of sp³-hybridized carbons (Fsp3) is 0.909. The topological polar surface area (TPSA) is 57.5 Å². The van der Waals surface area contributed by atoms with E-state index in [4.69, 9.17) is 0 Å². The van der Waals surface area contributed by atoms with Gasteiger partial charge in [-0.2, -0.15) is 0 Å². The largest absolute Gasteiger partial charge is 0.481 e. The maximum atomic E-state index is 11.3. The maximum Gasteiger partial charge on any atom is 0.309 e. The average molecular weight is 198 g/mol. The molecule has 2 N–H and O–H groups in total. The van der Waals surface area contributed by atoms with Gasteiger partial charge in [-0.1, -0.05) is 12.8 Å². The van der Waals surface area contributed by atoms with E-state index in [-0.39, 0.29) is 12.0 Å². The Morgan fingerprint density at radius 2 is 2.00 bits per heavy atom.